The molecule has 0 bridgehead atoms. The summed E-state index contributed by atoms with van der Waals surface area (Å²) in [7, 11) is -2.31. The van der Waals surface area contributed by atoms with Gasteiger partial charge >= 0.3 is 0 Å². The number of nitrogens with zero attached hydrogens (tertiary/aromatic N) is 4. The van der Waals surface area contributed by atoms with Crippen LogP contribution in [0.15, 0.2) is 17.2 Å². The van der Waals surface area contributed by atoms with E-state index >= 15 is 0 Å². The number of aryl methyl sites for hydroxylation is 3. The van der Waals surface area contributed by atoms with Gasteiger partial charge in [0.05, 0.1) is 11.9 Å². The van der Waals surface area contributed by atoms with E-state index in [4.69, 9.17) is 0 Å². The van der Waals surface area contributed by atoms with Crippen LogP contribution in [0.4, 0.5) is 0 Å². The number of rotatable bonds is 3. The number of sulfonamides is 1. The van der Waals surface area contributed by atoms with E-state index in [2.05, 4.69) is 14.9 Å². The Kier molecular flexibility index (Phi) is 3.51. The highest BCUT2D eigenvalue weighted by molar-refractivity contribution is 7.90. The van der Waals surface area contributed by atoms with Gasteiger partial charge in [0.1, 0.15) is 4.90 Å². The number of hydrogen-bond acceptors (Lipinski definition) is 5. The van der Waals surface area contributed by atoms with E-state index in [9.17, 15) is 13.2 Å². The minimum absolute atomic E-state index is 0.00711. The lowest BCUT2D eigenvalue weighted by molar-refractivity contribution is 0.0975. The molecule has 22 heavy (non-hydrogen) atoms. The zero-order valence-corrected chi connectivity index (χ0v) is 13.2. The van der Waals surface area contributed by atoms with Crippen LogP contribution in [0.1, 0.15) is 34.7 Å². The number of carbonyl (C=O) groups is 1. The number of carbonyl (C=O) groups excluding carboxylic acids is 1. The summed E-state index contributed by atoms with van der Waals surface area (Å²) in [5, 5.41) is 8.06. The second-order valence-electron chi connectivity index (χ2n) is 5.35. The molecule has 1 aliphatic heterocycles. The fourth-order valence-corrected chi connectivity index (χ4v) is 3.67. The van der Waals surface area contributed by atoms with Gasteiger partial charge in [-0.05, 0) is 32.3 Å². The van der Waals surface area contributed by atoms with E-state index in [1.165, 1.54) is 10.9 Å². The quantitative estimate of drug-likeness (QED) is 0.880. The smallest absolute Gasteiger partial charge is 0.272 e. The van der Waals surface area contributed by atoms with Gasteiger partial charge in [0, 0.05) is 19.3 Å². The SMILES string of the molecule is Cc1c(S(=O)(=O)NC(=O)c2cc3n(n2)CCCC3)cnn1C. The number of hydrogen-bond donors (Lipinski definition) is 1. The molecule has 0 atom stereocenters. The van der Waals surface area contributed by atoms with Gasteiger partial charge < -0.3 is 0 Å². The summed E-state index contributed by atoms with van der Waals surface area (Å²) in [5.41, 5.74) is 1.55. The second-order valence-corrected chi connectivity index (χ2v) is 7.00. The predicted molar refractivity (Wildman–Crippen MR) is 77.8 cm³/mol. The van der Waals surface area contributed by atoms with E-state index in [0.717, 1.165) is 31.5 Å². The average molecular weight is 323 g/mol. The highest BCUT2D eigenvalue weighted by Gasteiger charge is 2.25. The molecule has 118 valence electrons. The van der Waals surface area contributed by atoms with E-state index in [-0.39, 0.29) is 10.6 Å². The second kappa shape index (κ2) is 5.24. The molecule has 1 amide bonds. The largest absolute Gasteiger partial charge is 0.285 e. The Hall–Kier alpha value is -2.16. The zero-order valence-electron chi connectivity index (χ0n) is 12.4. The first kappa shape index (κ1) is 14.8. The first-order valence-corrected chi connectivity index (χ1v) is 8.49. The van der Waals surface area contributed by atoms with E-state index in [0.29, 0.717) is 5.69 Å². The Morgan fingerprint density at radius 3 is 2.77 bits per heavy atom. The molecular formula is C13H17N5O3S. The minimum Gasteiger partial charge on any atom is -0.272 e. The van der Waals surface area contributed by atoms with Crippen molar-refractivity contribution in [3.8, 4) is 0 Å². The number of nitrogens with one attached hydrogen (secondary N) is 1. The number of fused-ring (bicyclic) bond motifs is 1. The summed E-state index contributed by atoms with van der Waals surface area (Å²) in [6, 6.07) is 1.65. The van der Waals surface area contributed by atoms with Gasteiger partial charge in [0.2, 0.25) is 0 Å². The molecule has 0 aromatic carbocycles. The van der Waals surface area contributed by atoms with Crippen LogP contribution in [0.5, 0.6) is 0 Å². The van der Waals surface area contributed by atoms with E-state index in [1.54, 1.807) is 24.7 Å². The highest BCUT2D eigenvalue weighted by Crippen LogP contribution is 2.17. The molecule has 1 N–H and O–H groups in total. The maximum atomic E-state index is 12.3. The summed E-state index contributed by atoms with van der Waals surface area (Å²) in [6.07, 6.45) is 4.15. The number of aromatic nitrogens is 4. The molecule has 3 heterocycles. The third-order valence-electron chi connectivity index (χ3n) is 3.86. The van der Waals surface area contributed by atoms with Crippen molar-refractivity contribution in [3.63, 3.8) is 0 Å². The molecular weight excluding hydrogens is 306 g/mol. The van der Waals surface area contributed by atoms with Crippen molar-refractivity contribution in [2.24, 2.45) is 7.05 Å². The summed E-state index contributed by atoms with van der Waals surface area (Å²) in [5.74, 6) is -0.717. The van der Waals surface area contributed by atoms with Gasteiger partial charge in [-0.2, -0.15) is 10.2 Å². The molecule has 0 spiro atoms. The summed E-state index contributed by atoms with van der Waals surface area (Å²) < 4.78 is 29.8. The van der Waals surface area contributed by atoms with Crippen molar-refractivity contribution in [3.05, 3.63) is 29.3 Å². The molecule has 9 heteroatoms. The first-order valence-electron chi connectivity index (χ1n) is 7.01. The fraction of sp³-hybridized carbons (Fsp3) is 0.462. The van der Waals surface area contributed by atoms with E-state index < -0.39 is 15.9 Å². The fourth-order valence-electron chi connectivity index (χ4n) is 2.50. The van der Waals surface area contributed by atoms with Crippen LogP contribution in [0, 0.1) is 6.92 Å². The molecule has 0 saturated heterocycles. The summed E-state index contributed by atoms with van der Waals surface area (Å²) in [6.45, 7) is 2.39. The Bertz CT molecular complexity index is 810. The third kappa shape index (κ3) is 2.52. The molecule has 0 fully saturated rings. The van der Waals surface area contributed by atoms with Gasteiger partial charge in [0.15, 0.2) is 5.69 Å². The Morgan fingerprint density at radius 1 is 1.36 bits per heavy atom. The van der Waals surface area contributed by atoms with Gasteiger partial charge in [-0.15, -0.1) is 0 Å². The molecule has 0 radical (unpaired) electrons. The van der Waals surface area contributed by atoms with Crippen LogP contribution in [-0.2, 0) is 30.0 Å². The Balaban J connectivity index is 1.84. The molecule has 0 unspecified atom stereocenters. The van der Waals surface area contributed by atoms with Crippen molar-refractivity contribution in [2.45, 2.75) is 37.6 Å². The molecule has 1 aliphatic rings. The summed E-state index contributed by atoms with van der Waals surface area (Å²) in [4.78, 5) is 12.2. The van der Waals surface area contributed by atoms with Crippen molar-refractivity contribution in [2.75, 3.05) is 0 Å². The van der Waals surface area contributed by atoms with Gasteiger partial charge in [0.25, 0.3) is 15.9 Å². The van der Waals surface area contributed by atoms with Gasteiger partial charge in [-0.1, -0.05) is 0 Å². The van der Waals surface area contributed by atoms with Crippen LogP contribution in [0.2, 0.25) is 0 Å². The van der Waals surface area contributed by atoms with Crippen LogP contribution < -0.4 is 4.72 Å². The lowest BCUT2D eigenvalue weighted by Crippen LogP contribution is -2.31. The van der Waals surface area contributed by atoms with Crippen molar-refractivity contribution < 1.29 is 13.2 Å². The van der Waals surface area contributed by atoms with Crippen molar-refractivity contribution in [1.82, 2.24) is 24.3 Å². The predicted octanol–water partition coefficient (Wildman–Crippen LogP) is 0.380. The number of amides is 1. The molecule has 0 saturated carbocycles. The lowest BCUT2D eigenvalue weighted by atomic mass is 10.1. The monoisotopic (exact) mass is 323 g/mol. The first-order chi connectivity index (χ1) is 10.4. The summed E-state index contributed by atoms with van der Waals surface area (Å²) >= 11 is 0. The van der Waals surface area contributed by atoms with Crippen LogP contribution in [0.3, 0.4) is 0 Å². The molecule has 2 aromatic rings. The maximum Gasteiger partial charge on any atom is 0.285 e. The van der Waals surface area contributed by atoms with Crippen molar-refractivity contribution >= 4 is 15.9 Å². The van der Waals surface area contributed by atoms with Gasteiger partial charge in [-0.3, -0.25) is 14.2 Å². The minimum atomic E-state index is -3.95. The van der Waals surface area contributed by atoms with E-state index in [1.807, 2.05) is 0 Å². The Labute approximate surface area is 128 Å². The normalized spacial score (nSPS) is 14.6. The van der Waals surface area contributed by atoms with Crippen LogP contribution in [0.25, 0.3) is 0 Å². The molecule has 8 nitrogen and oxygen atoms in total. The maximum absolute atomic E-state index is 12.3. The molecule has 2 aromatic heterocycles. The molecule has 3 rings (SSSR count). The van der Waals surface area contributed by atoms with Crippen molar-refractivity contribution in [1.29, 1.82) is 0 Å². The standard InChI is InChI=1S/C13H17N5O3S/c1-9-12(8-14-17(9)2)22(20,21)16-13(19)11-7-10-5-3-4-6-18(10)15-11/h7-8H,3-6H2,1-2H3,(H,16,19). The topological polar surface area (TPSA) is 98.9 Å². The van der Waals surface area contributed by atoms with Crippen LogP contribution in [-0.4, -0.2) is 33.9 Å². The molecule has 0 aliphatic carbocycles. The third-order valence-corrected chi connectivity index (χ3v) is 5.29. The highest BCUT2D eigenvalue weighted by atomic mass is 32.2. The van der Waals surface area contributed by atoms with Gasteiger partial charge in [-0.25, -0.2) is 13.1 Å². The lowest BCUT2D eigenvalue weighted by Gasteiger charge is -2.11. The zero-order chi connectivity index (χ0) is 15.9. The van der Waals surface area contributed by atoms with Crippen LogP contribution >= 0.6 is 0 Å². The average Bonchev–Trinajstić information content (AvgIpc) is 3.03. The Morgan fingerprint density at radius 2 is 2.14 bits per heavy atom.